The molecule has 2 N–H and O–H groups in total. The lowest BCUT2D eigenvalue weighted by Crippen LogP contribution is -2.30. The number of nitrogens with one attached hydrogen (secondary N) is 2. The number of furan rings is 1. The quantitative estimate of drug-likeness (QED) is 0.609. The first-order valence-corrected chi connectivity index (χ1v) is 9.13. The van der Waals surface area contributed by atoms with Crippen molar-refractivity contribution >= 4 is 39.8 Å². The molecule has 1 atom stereocenters. The number of thioether (sulfide) groups is 1. The highest BCUT2D eigenvalue weighted by Gasteiger charge is 2.17. The smallest absolute Gasteiger partial charge is 0.233 e. The summed E-state index contributed by atoms with van der Waals surface area (Å²) in [6.07, 6.45) is 1.56. The van der Waals surface area contributed by atoms with E-state index in [4.69, 9.17) is 4.42 Å². The van der Waals surface area contributed by atoms with Crippen molar-refractivity contribution in [3.8, 4) is 0 Å². The first-order chi connectivity index (χ1) is 12.1. The van der Waals surface area contributed by atoms with Crippen LogP contribution in [-0.2, 0) is 11.3 Å². The summed E-state index contributed by atoms with van der Waals surface area (Å²) in [6.45, 7) is 2.13. The number of carbonyl (C=O) groups is 1. The summed E-state index contributed by atoms with van der Waals surface area (Å²) in [6, 6.07) is 9.89. The van der Waals surface area contributed by atoms with Crippen LogP contribution in [0.3, 0.4) is 0 Å². The van der Waals surface area contributed by atoms with Crippen LogP contribution in [0.4, 0.5) is 15.2 Å². The molecule has 3 rings (SSSR count). The molecule has 0 saturated heterocycles. The van der Waals surface area contributed by atoms with E-state index in [0.29, 0.717) is 27.5 Å². The van der Waals surface area contributed by atoms with Crippen molar-refractivity contribution in [2.75, 3.05) is 5.32 Å². The fourth-order valence-electron chi connectivity index (χ4n) is 1.92. The van der Waals surface area contributed by atoms with Gasteiger partial charge in [0.2, 0.25) is 11.0 Å². The molecule has 1 aromatic carbocycles. The van der Waals surface area contributed by atoms with Crippen LogP contribution in [0.2, 0.25) is 0 Å². The van der Waals surface area contributed by atoms with E-state index >= 15 is 0 Å². The van der Waals surface area contributed by atoms with Crippen molar-refractivity contribution in [2.24, 2.45) is 0 Å². The molecule has 0 aliphatic carbocycles. The van der Waals surface area contributed by atoms with Crippen molar-refractivity contribution < 1.29 is 13.6 Å². The molecule has 9 heteroatoms. The van der Waals surface area contributed by atoms with E-state index in [1.807, 2.05) is 0 Å². The maximum absolute atomic E-state index is 13.6. The number of halogens is 1. The zero-order chi connectivity index (χ0) is 17.6. The van der Waals surface area contributed by atoms with E-state index < -0.39 is 0 Å². The highest BCUT2D eigenvalue weighted by Crippen LogP contribution is 2.30. The largest absolute Gasteiger partial charge is 0.467 e. The van der Waals surface area contributed by atoms with Gasteiger partial charge in [-0.3, -0.25) is 4.79 Å². The molecule has 0 fully saturated rings. The van der Waals surface area contributed by atoms with Crippen LogP contribution in [0.15, 0.2) is 51.4 Å². The molecule has 25 heavy (non-hydrogen) atoms. The lowest BCUT2D eigenvalue weighted by Gasteiger charge is -2.08. The average Bonchev–Trinajstić information content (AvgIpc) is 3.27. The second-order valence-electron chi connectivity index (χ2n) is 5.04. The topological polar surface area (TPSA) is 80.0 Å². The Morgan fingerprint density at radius 3 is 2.92 bits per heavy atom. The van der Waals surface area contributed by atoms with Gasteiger partial charge in [0.15, 0.2) is 4.34 Å². The summed E-state index contributed by atoms with van der Waals surface area (Å²) < 4.78 is 19.4. The van der Waals surface area contributed by atoms with Crippen molar-refractivity contribution in [3.63, 3.8) is 0 Å². The number of nitrogens with zero attached hydrogens (tertiary/aromatic N) is 2. The van der Waals surface area contributed by atoms with Crippen LogP contribution in [0.5, 0.6) is 0 Å². The fourth-order valence-corrected chi connectivity index (χ4v) is 3.85. The third-order valence-corrected chi connectivity index (χ3v) is 5.21. The first-order valence-electron chi connectivity index (χ1n) is 7.43. The standard InChI is InChI=1S/C16H15FN4O2S2/c1-10(14(22)18-9-11-5-4-8-23-11)24-16-21-20-15(25-16)19-13-7-3-2-6-12(13)17/h2-8,10H,9H2,1H3,(H,18,22)(H,19,20)/t10-/m0/s1. The number of aromatic nitrogens is 2. The number of hydrogen-bond acceptors (Lipinski definition) is 7. The summed E-state index contributed by atoms with van der Waals surface area (Å²) >= 11 is 2.56. The van der Waals surface area contributed by atoms with E-state index in [2.05, 4.69) is 20.8 Å². The molecule has 0 spiro atoms. The van der Waals surface area contributed by atoms with Gasteiger partial charge >= 0.3 is 0 Å². The molecule has 0 saturated carbocycles. The number of rotatable bonds is 7. The Labute approximate surface area is 151 Å². The Morgan fingerprint density at radius 1 is 1.32 bits per heavy atom. The van der Waals surface area contributed by atoms with Gasteiger partial charge in [-0.15, -0.1) is 10.2 Å². The van der Waals surface area contributed by atoms with Crippen LogP contribution >= 0.6 is 23.1 Å². The molecule has 0 radical (unpaired) electrons. The van der Waals surface area contributed by atoms with E-state index in [9.17, 15) is 9.18 Å². The number of carbonyl (C=O) groups excluding carboxylic acids is 1. The van der Waals surface area contributed by atoms with Gasteiger partial charge in [0.25, 0.3) is 0 Å². The van der Waals surface area contributed by atoms with Crippen molar-refractivity contribution in [1.29, 1.82) is 0 Å². The molecule has 0 unspecified atom stereocenters. The van der Waals surface area contributed by atoms with Crippen LogP contribution < -0.4 is 10.6 Å². The maximum Gasteiger partial charge on any atom is 0.233 e. The van der Waals surface area contributed by atoms with Gasteiger partial charge in [0, 0.05) is 0 Å². The molecular formula is C16H15FN4O2S2. The number of hydrogen-bond donors (Lipinski definition) is 2. The predicted molar refractivity (Wildman–Crippen MR) is 95.5 cm³/mol. The second kappa shape index (κ2) is 8.13. The van der Waals surface area contributed by atoms with Gasteiger partial charge in [-0.25, -0.2) is 4.39 Å². The second-order valence-corrected chi connectivity index (χ2v) is 7.60. The molecular weight excluding hydrogens is 363 g/mol. The summed E-state index contributed by atoms with van der Waals surface area (Å²) in [5.74, 6) is 0.204. The number of anilines is 2. The van der Waals surface area contributed by atoms with Gasteiger partial charge < -0.3 is 15.1 Å². The minimum Gasteiger partial charge on any atom is -0.467 e. The summed E-state index contributed by atoms with van der Waals surface area (Å²) in [5.41, 5.74) is 0.333. The SMILES string of the molecule is C[C@H](Sc1nnc(Nc2ccccc2F)s1)C(=O)NCc1ccco1. The van der Waals surface area contributed by atoms with Gasteiger partial charge in [-0.2, -0.15) is 0 Å². The van der Waals surface area contributed by atoms with Crippen molar-refractivity contribution in [1.82, 2.24) is 15.5 Å². The lowest BCUT2D eigenvalue weighted by atomic mass is 10.3. The lowest BCUT2D eigenvalue weighted by molar-refractivity contribution is -0.120. The van der Waals surface area contributed by atoms with Gasteiger partial charge in [-0.1, -0.05) is 35.2 Å². The summed E-state index contributed by atoms with van der Waals surface area (Å²) in [7, 11) is 0. The third-order valence-electron chi connectivity index (χ3n) is 3.19. The highest BCUT2D eigenvalue weighted by molar-refractivity contribution is 8.02. The molecule has 0 bridgehead atoms. The van der Waals surface area contributed by atoms with E-state index in [1.165, 1.54) is 29.2 Å². The summed E-state index contributed by atoms with van der Waals surface area (Å²) in [5, 5.41) is 13.8. The zero-order valence-corrected chi connectivity index (χ0v) is 14.9. The fraction of sp³-hybridized carbons (Fsp3) is 0.188. The van der Waals surface area contributed by atoms with Gasteiger partial charge in [0.05, 0.1) is 23.7 Å². The van der Waals surface area contributed by atoms with E-state index in [0.717, 1.165) is 0 Å². The molecule has 3 aromatic rings. The summed E-state index contributed by atoms with van der Waals surface area (Å²) in [4.78, 5) is 12.1. The highest BCUT2D eigenvalue weighted by atomic mass is 32.2. The molecule has 0 aliphatic heterocycles. The Morgan fingerprint density at radius 2 is 2.16 bits per heavy atom. The number of benzene rings is 1. The van der Waals surface area contributed by atoms with E-state index in [-0.39, 0.29) is 17.0 Å². The Balaban J connectivity index is 1.53. The molecule has 0 aliphatic rings. The Kier molecular flexibility index (Phi) is 5.67. The third kappa shape index (κ3) is 4.80. The molecule has 2 aromatic heterocycles. The van der Waals surface area contributed by atoms with E-state index in [1.54, 1.807) is 43.5 Å². The molecule has 130 valence electrons. The number of para-hydroxylation sites is 1. The first kappa shape index (κ1) is 17.4. The number of amides is 1. The van der Waals surface area contributed by atoms with Gasteiger partial charge in [-0.05, 0) is 31.2 Å². The molecule has 6 nitrogen and oxygen atoms in total. The molecule has 2 heterocycles. The molecule has 1 amide bonds. The Hall–Kier alpha value is -2.39. The predicted octanol–water partition coefficient (Wildman–Crippen LogP) is 3.81. The maximum atomic E-state index is 13.6. The minimum absolute atomic E-state index is 0.125. The average molecular weight is 378 g/mol. The Bertz CT molecular complexity index is 838. The van der Waals surface area contributed by atoms with Crippen molar-refractivity contribution in [2.45, 2.75) is 23.1 Å². The van der Waals surface area contributed by atoms with Crippen LogP contribution in [0.1, 0.15) is 12.7 Å². The van der Waals surface area contributed by atoms with Crippen LogP contribution in [-0.4, -0.2) is 21.4 Å². The van der Waals surface area contributed by atoms with Crippen LogP contribution in [0.25, 0.3) is 0 Å². The zero-order valence-electron chi connectivity index (χ0n) is 13.2. The van der Waals surface area contributed by atoms with Crippen molar-refractivity contribution in [3.05, 3.63) is 54.2 Å². The normalized spacial score (nSPS) is 11.9. The minimum atomic E-state index is -0.363. The van der Waals surface area contributed by atoms with Crippen LogP contribution in [0, 0.1) is 5.82 Å². The van der Waals surface area contributed by atoms with Gasteiger partial charge in [0.1, 0.15) is 11.6 Å². The monoisotopic (exact) mass is 378 g/mol.